The summed E-state index contributed by atoms with van der Waals surface area (Å²) in [5.74, 6) is -0.760. The first kappa shape index (κ1) is 11.2. The lowest BCUT2D eigenvalue weighted by atomic mass is 10.2. The first-order valence-corrected chi connectivity index (χ1v) is 5.23. The number of halogens is 2. The number of carbonyl (C=O) groups excluding carboxylic acids is 2. The monoisotopic (exact) mass is 259 g/mol. The van der Waals surface area contributed by atoms with E-state index in [1.807, 2.05) is 6.07 Å². The van der Waals surface area contributed by atoms with Gasteiger partial charge < -0.3 is 4.74 Å². The van der Waals surface area contributed by atoms with Crippen LogP contribution in [0.2, 0.25) is 0 Å². The lowest BCUT2D eigenvalue weighted by Gasteiger charge is -2.10. The van der Waals surface area contributed by atoms with Crippen LogP contribution in [0, 0.1) is 0 Å². The molecule has 0 atom stereocenters. The Labute approximate surface area is 102 Å². The van der Waals surface area contributed by atoms with Crippen molar-refractivity contribution in [2.24, 2.45) is 0 Å². The minimum absolute atomic E-state index is 0.0969. The van der Waals surface area contributed by atoms with E-state index in [-0.39, 0.29) is 6.54 Å². The van der Waals surface area contributed by atoms with Gasteiger partial charge in [0.1, 0.15) is 0 Å². The van der Waals surface area contributed by atoms with Gasteiger partial charge in [0.05, 0.1) is 6.54 Å². The van der Waals surface area contributed by atoms with Gasteiger partial charge in [-0.3, -0.25) is 4.79 Å². The van der Waals surface area contributed by atoms with E-state index in [0.29, 0.717) is 0 Å². The smallest absolute Gasteiger partial charge is 0.402 e. The molecule has 6 heteroatoms. The second-order valence-electron chi connectivity index (χ2n) is 3.26. The van der Waals surface area contributed by atoms with Gasteiger partial charge in [0.25, 0.3) is 0 Å². The summed E-state index contributed by atoms with van der Waals surface area (Å²) in [6.07, 6.45) is -0.834. The Balaban J connectivity index is 2.18. The zero-order chi connectivity index (χ0) is 11.8. The Morgan fingerprint density at radius 3 is 2.31 bits per heavy atom. The van der Waals surface area contributed by atoms with Crippen LogP contribution in [0.25, 0.3) is 0 Å². The standard InChI is InChI=1S/C10H7Cl2NO3/c11-10(12)8(14)13(9(15)16-10)6-7-4-2-1-3-5-7/h1-5H,6H2. The number of hydrogen-bond donors (Lipinski definition) is 0. The van der Waals surface area contributed by atoms with Crippen LogP contribution < -0.4 is 0 Å². The molecule has 1 fully saturated rings. The van der Waals surface area contributed by atoms with Crippen molar-refractivity contribution in [2.75, 3.05) is 0 Å². The number of benzene rings is 1. The van der Waals surface area contributed by atoms with E-state index < -0.39 is 16.5 Å². The highest BCUT2D eigenvalue weighted by Crippen LogP contribution is 2.33. The topological polar surface area (TPSA) is 46.6 Å². The van der Waals surface area contributed by atoms with E-state index in [4.69, 9.17) is 23.2 Å². The number of alkyl halides is 2. The first-order chi connectivity index (χ1) is 7.50. The van der Waals surface area contributed by atoms with Crippen LogP contribution in [0.4, 0.5) is 4.79 Å². The van der Waals surface area contributed by atoms with Gasteiger partial charge in [-0.2, -0.15) is 0 Å². The van der Waals surface area contributed by atoms with Gasteiger partial charge in [0.15, 0.2) is 0 Å². The number of ether oxygens (including phenoxy) is 1. The van der Waals surface area contributed by atoms with Gasteiger partial charge in [-0.1, -0.05) is 30.3 Å². The SMILES string of the molecule is O=C1OC(Cl)(Cl)C(=O)N1Cc1ccccc1. The van der Waals surface area contributed by atoms with E-state index in [2.05, 4.69) is 4.74 Å². The van der Waals surface area contributed by atoms with E-state index >= 15 is 0 Å². The van der Waals surface area contributed by atoms with Gasteiger partial charge >= 0.3 is 16.5 Å². The van der Waals surface area contributed by atoms with E-state index in [0.717, 1.165) is 10.5 Å². The van der Waals surface area contributed by atoms with Crippen molar-refractivity contribution in [3.8, 4) is 0 Å². The maximum atomic E-state index is 11.6. The Hall–Kier alpha value is -1.26. The molecule has 0 saturated carbocycles. The van der Waals surface area contributed by atoms with Crippen molar-refractivity contribution in [3.63, 3.8) is 0 Å². The van der Waals surface area contributed by atoms with E-state index in [1.54, 1.807) is 24.3 Å². The molecule has 0 N–H and O–H groups in total. The molecule has 0 aliphatic carbocycles. The normalized spacial score (nSPS) is 18.8. The van der Waals surface area contributed by atoms with Crippen LogP contribution in [0.3, 0.4) is 0 Å². The number of nitrogens with zero attached hydrogens (tertiary/aromatic N) is 1. The number of carbonyl (C=O) groups is 2. The minimum atomic E-state index is -2.09. The first-order valence-electron chi connectivity index (χ1n) is 4.47. The zero-order valence-corrected chi connectivity index (χ0v) is 9.53. The number of amides is 2. The van der Waals surface area contributed by atoms with Gasteiger partial charge in [0.2, 0.25) is 0 Å². The van der Waals surface area contributed by atoms with Gasteiger partial charge in [-0.25, -0.2) is 9.69 Å². The molecule has 1 aliphatic rings. The summed E-state index contributed by atoms with van der Waals surface area (Å²) in [7, 11) is 0. The highest BCUT2D eigenvalue weighted by atomic mass is 35.5. The molecule has 1 heterocycles. The molecule has 2 rings (SSSR count). The van der Waals surface area contributed by atoms with E-state index in [1.165, 1.54) is 0 Å². The lowest BCUT2D eigenvalue weighted by Crippen LogP contribution is -2.32. The molecular weight excluding hydrogens is 253 g/mol. The van der Waals surface area contributed by atoms with Crippen LogP contribution >= 0.6 is 23.2 Å². The Morgan fingerprint density at radius 1 is 1.19 bits per heavy atom. The predicted octanol–water partition coefficient (Wildman–Crippen LogP) is 2.30. The molecule has 16 heavy (non-hydrogen) atoms. The third kappa shape index (κ3) is 1.99. The second-order valence-corrected chi connectivity index (χ2v) is 4.52. The fourth-order valence-electron chi connectivity index (χ4n) is 1.35. The van der Waals surface area contributed by atoms with Crippen LogP contribution in [0.1, 0.15) is 5.56 Å². The summed E-state index contributed by atoms with van der Waals surface area (Å²) in [6.45, 7) is 0.0969. The highest BCUT2D eigenvalue weighted by molar-refractivity contribution is 6.58. The summed E-state index contributed by atoms with van der Waals surface area (Å²) in [4.78, 5) is 23.7. The lowest BCUT2D eigenvalue weighted by molar-refractivity contribution is -0.129. The molecule has 1 aromatic carbocycles. The number of rotatable bonds is 2. The average molecular weight is 260 g/mol. The largest absolute Gasteiger partial charge is 0.420 e. The molecular formula is C10H7Cl2NO3. The van der Waals surface area contributed by atoms with Crippen LogP contribution in [0.5, 0.6) is 0 Å². The molecule has 1 aliphatic heterocycles. The van der Waals surface area contributed by atoms with Crippen molar-refractivity contribution in [3.05, 3.63) is 35.9 Å². The molecule has 0 radical (unpaired) electrons. The van der Waals surface area contributed by atoms with Gasteiger partial charge in [-0.05, 0) is 28.8 Å². The summed E-state index contributed by atoms with van der Waals surface area (Å²) in [5, 5.41) is 0. The van der Waals surface area contributed by atoms with Crippen molar-refractivity contribution in [2.45, 2.75) is 11.1 Å². The Bertz CT molecular complexity index is 433. The summed E-state index contributed by atoms with van der Waals surface area (Å²) in [5.41, 5.74) is 0.791. The molecule has 1 saturated heterocycles. The highest BCUT2D eigenvalue weighted by Gasteiger charge is 2.51. The molecule has 2 amide bonds. The number of imide groups is 1. The molecule has 0 unspecified atom stereocenters. The van der Waals surface area contributed by atoms with Crippen LogP contribution in [-0.2, 0) is 16.1 Å². The molecule has 4 nitrogen and oxygen atoms in total. The van der Waals surface area contributed by atoms with Crippen molar-refractivity contribution in [1.82, 2.24) is 4.90 Å². The third-order valence-electron chi connectivity index (χ3n) is 2.11. The Morgan fingerprint density at radius 2 is 1.81 bits per heavy atom. The van der Waals surface area contributed by atoms with Crippen molar-refractivity contribution < 1.29 is 14.3 Å². The quantitative estimate of drug-likeness (QED) is 0.766. The number of cyclic esters (lactones) is 1. The number of hydrogen-bond acceptors (Lipinski definition) is 3. The van der Waals surface area contributed by atoms with E-state index in [9.17, 15) is 9.59 Å². The summed E-state index contributed by atoms with van der Waals surface area (Å²) >= 11 is 11.0. The summed E-state index contributed by atoms with van der Waals surface area (Å²) in [6, 6.07) is 9.00. The van der Waals surface area contributed by atoms with Crippen molar-refractivity contribution >= 4 is 35.2 Å². The molecule has 0 bridgehead atoms. The fourth-order valence-corrected chi connectivity index (χ4v) is 1.69. The van der Waals surface area contributed by atoms with Crippen molar-refractivity contribution in [1.29, 1.82) is 0 Å². The van der Waals surface area contributed by atoms with Crippen LogP contribution in [-0.4, -0.2) is 21.4 Å². The predicted molar refractivity (Wildman–Crippen MR) is 57.9 cm³/mol. The van der Waals surface area contributed by atoms with Crippen LogP contribution in [0.15, 0.2) is 30.3 Å². The maximum Gasteiger partial charge on any atom is 0.420 e. The molecule has 84 valence electrons. The summed E-state index contributed by atoms with van der Waals surface area (Å²) < 4.78 is 2.42. The molecule has 0 spiro atoms. The average Bonchev–Trinajstić information content (AvgIpc) is 2.42. The third-order valence-corrected chi connectivity index (χ3v) is 2.59. The second kappa shape index (κ2) is 3.96. The molecule has 1 aromatic rings. The maximum absolute atomic E-state index is 11.6. The fraction of sp³-hybridized carbons (Fsp3) is 0.200. The van der Waals surface area contributed by atoms with Gasteiger partial charge in [0, 0.05) is 0 Å². The minimum Gasteiger partial charge on any atom is -0.402 e. The Kier molecular flexibility index (Phi) is 2.78. The van der Waals surface area contributed by atoms with Gasteiger partial charge in [-0.15, -0.1) is 0 Å². The molecule has 0 aromatic heterocycles. The zero-order valence-electron chi connectivity index (χ0n) is 8.02.